The van der Waals surface area contributed by atoms with Gasteiger partial charge in [-0.05, 0) is 13.8 Å². The molecular weight excluding hydrogens is 234 g/mol. The van der Waals surface area contributed by atoms with Gasteiger partial charge >= 0.3 is 0 Å². The highest BCUT2D eigenvalue weighted by atomic mass is 32.2. The maximum Gasteiger partial charge on any atom is 0.215 e. The maximum absolute atomic E-state index is 11.5. The average molecular weight is 249 g/mol. The lowest BCUT2D eigenvalue weighted by Gasteiger charge is -2.10. The molecule has 1 rings (SSSR count). The Labute approximate surface area is 93.8 Å². The number of nitrogens with two attached hydrogens (primary N) is 1. The van der Waals surface area contributed by atoms with Gasteiger partial charge in [-0.1, -0.05) is 0 Å². The molecule has 0 saturated heterocycles. The Hall–Kier alpha value is -0.500. The first kappa shape index (κ1) is 12.6. The minimum absolute atomic E-state index is 0.122. The van der Waals surface area contributed by atoms with Crippen molar-refractivity contribution in [1.82, 2.24) is 9.71 Å². The summed E-state index contributed by atoms with van der Waals surface area (Å²) < 4.78 is 25.6. The van der Waals surface area contributed by atoms with Gasteiger partial charge in [0.25, 0.3) is 0 Å². The van der Waals surface area contributed by atoms with Gasteiger partial charge in [0, 0.05) is 24.2 Å². The van der Waals surface area contributed by atoms with E-state index in [0.717, 1.165) is 9.88 Å². The molecule has 0 amide bonds. The SMILES string of the molecule is Cc1ncc(CNS(=O)(=O)C(C)CN)s1. The van der Waals surface area contributed by atoms with Crippen molar-refractivity contribution in [2.45, 2.75) is 25.6 Å². The molecule has 0 aromatic carbocycles. The highest BCUT2D eigenvalue weighted by Gasteiger charge is 2.18. The van der Waals surface area contributed by atoms with E-state index < -0.39 is 15.3 Å². The van der Waals surface area contributed by atoms with Crippen molar-refractivity contribution in [2.24, 2.45) is 5.73 Å². The second kappa shape index (κ2) is 5.02. The molecule has 7 heteroatoms. The van der Waals surface area contributed by atoms with E-state index in [2.05, 4.69) is 9.71 Å². The van der Waals surface area contributed by atoms with Gasteiger partial charge in [-0.3, -0.25) is 0 Å². The first-order chi connectivity index (χ1) is 6.95. The van der Waals surface area contributed by atoms with E-state index in [1.165, 1.54) is 11.3 Å². The standard InChI is InChI=1S/C8H15N3O2S2/c1-6(3-9)15(12,13)11-5-8-4-10-7(2)14-8/h4,6,11H,3,5,9H2,1-2H3. The van der Waals surface area contributed by atoms with Gasteiger partial charge < -0.3 is 5.73 Å². The summed E-state index contributed by atoms with van der Waals surface area (Å²) in [6.45, 7) is 3.88. The fourth-order valence-corrected chi connectivity index (χ4v) is 2.65. The Morgan fingerprint density at radius 3 is 2.80 bits per heavy atom. The van der Waals surface area contributed by atoms with Crippen LogP contribution < -0.4 is 10.5 Å². The van der Waals surface area contributed by atoms with E-state index in [-0.39, 0.29) is 13.1 Å². The molecule has 3 N–H and O–H groups in total. The summed E-state index contributed by atoms with van der Waals surface area (Å²) >= 11 is 1.48. The molecule has 0 radical (unpaired) electrons. The van der Waals surface area contributed by atoms with Crippen LogP contribution in [0.15, 0.2) is 6.20 Å². The number of hydrogen-bond donors (Lipinski definition) is 2. The summed E-state index contributed by atoms with van der Waals surface area (Å²) in [6.07, 6.45) is 1.68. The van der Waals surface area contributed by atoms with E-state index in [9.17, 15) is 8.42 Å². The molecule has 0 saturated carbocycles. The number of sulfonamides is 1. The van der Waals surface area contributed by atoms with Crippen molar-refractivity contribution in [3.63, 3.8) is 0 Å². The summed E-state index contributed by atoms with van der Waals surface area (Å²) in [5.74, 6) is 0. The predicted molar refractivity (Wildman–Crippen MR) is 61.1 cm³/mol. The zero-order valence-corrected chi connectivity index (χ0v) is 10.4. The largest absolute Gasteiger partial charge is 0.329 e. The fraction of sp³-hybridized carbons (Fsp3) is 0.625. The lowest BCUT2D eigenvalue weighted by atomic mass is 10.5. The molecule has 15 heavy (non-hydrogen) atoms. The molecule has 5 nitrogen and oxygen atoms in total. The average Bonchev–Trinajstić information content (AvgIpc) is 2.60. The van der Waals surface area contributed by atoms with Crippen LogP contribution in [0.1, 0.15) is 16.8 Å². The van der Waals surface area contributed by atoms with E-state index >= 15 is 0 Å². The number of rotatable bonds is 5. The molecule has 0 bridgehead atoms. The Balaban J connectivity index is 2.57. The van der Waals surface area contributed by atoms with Crippen molar-refractivity contribution in [2.75, 3.05) is 6.54 Å². The van der Waals surface area contributed by atoms with Crippen LogP contribution in [-0.2, 0) is 16.6 Å². The Morgan fingerprint density at radius 1 is 1.67 bits per heavy atom. The van der Waals surface area contributed by atoms with Crippen LogP contribution in [0, 0.1) is 6.92 Å². The molecule has 86 valence electrons. The van der Waals surface area contributed by atoms with Crippen molar-refractivity contribution in [3.05, 3.63) is 16.1 Å². The summed E-state index contributed by atoms with van der Waals surface area (Å²) in [5, 5.41) is 0.364. The first-order valence-electron chi connectivity index (χ1n) is 4.55. The van der Waals surface area contributed by atoms with Gasteiger partial charge in [0.1, 0.15) is 0 Å². The minimum atomic E-state index is -3.30. The third-order valence-electron chi connectivity index (χ3n) is 1.98. The predicted octanol–water partition coefficient (Wildman–Crippen LogP) is 0.218. The lowest BCUT2D eigenvalue weighted by Crippen LogP contribution is -2.36. The molecule has 0 fully saturated rings. The minimum Gasteiger partial charge on any atom is -0.329 e. The van der Waals surface area contributed by atoms with Crippen LogP contribution in [0.5, 0.6) is 0 Å². The van der Waals surface area contributed by atoms with E-state index in [4.69, 9.17) is 5.73 Å². The number of aryl methyl sites for hydroxylation is 1. The van der Waals surface area contributed by atoms with Gasteiger partial charge in [0.15, 0.2) is 0 Å². The molecule has 0 spiro atoms. The summed E-state index contributed by atoms with van der Waals surface area (Å²) in [4.78, 5) is 4.94. The van der Waals surface area contributed by atoms with Gasteiger partial charge in [0.2, 0.25) is 10.0 Å². The Morgan fingerprint density at radius 2 is 2.33 bits per heavy atom. The van der Waals surface area contributed by atoms with Gasteiger partial charge in [-0.15, -0.1) is 11.3 Å². The van der Waals surface area contributed by atoms with Crippen LogP contribution in [-0.4, -0.2) is 25.2 Å². The van der Waals surface area contributed by atoms with Crippen LogP contribution in [0.4, 0.5) is 0 Å². The zero-order valence-electron chi connectivity index (χ0n) is 8.73. The molecule has 1 unspecified atom stereocenters. The van der Waals surface area contributed by atoms with Crippen LogP contribution >= 0.6 is 11.3 Å². The second-order valence-corrected chi connectivity index (χ2v) is 6.76. The maximum atomic E-state index is 11.5. The number of nitrogens with zero attached hydrogens (tertiary/aromatic N) is 1. The monoisotopic (exact) mass is 249 g/mol. The third-order valence-corrected chi connectivity index (χ3v) is 4.69. The first-order valence-corrected chi connectivity index (χ1v) is 6.92. The molecule has 1 aromatic rings. The van der Waals surface area contributed by atoms with Gasteiger partial charge in [-0.2, -0.15) is 0 Å². The number of aromatic nitrogens is 1. The fourth-order valence-electron chi connectivity index (χ4n) is 0.928. The summed E-state index contributed by atoms with van der Waals surface area (Å²) in [6, 6.07) is 0. The summed E-state index contributed by atoms with van der Waals surface area (Å²) in [5.41, 5.74) is 5.30. The Kier molecular flexibility index (Phi) is 4.21. The van der Waals surface area contributed by atoms with Gasteiger partial charge in [0.05, 0.1) is 10.3 Å². The smallest absolute Gasteiger partial charge is 0.215 e. The third kappa shape index (κ3) is 3.53. The van der Waals surface area contributed by atoms with Crippen molar-refractivity contribution >= 4 is 21.4 Å². The van der Waals surface area contributed by atoms with Crippen LogP contribution in [0.3, 0.4) is 0 Å². The van der Waals surface area contributed by atoms with E-state index in [1.54, 1.807) is 13.1 Å². The molecular formula is C8H15N3O2S2. The number of hydrogen-bond acceptors (Lipinski definition) is 5. The summed E-state index contributed by atoms with van der Waals surface area (Å²) in [7, 11) is -3.30. The number of nitrogens with one attached hydrogen (secondary N) is 1. The molecule has 1 heterocycles. The molecule has 1 aromatic heterocycles. The molecule has 0 aliphatic heterocycles. The lowest BCUT2D eigenvalue weighted by molar-refractivity contribution is 0.569. The van der Waals surface area contributed by atoms with Gasteiger partial charge in [-0.25, -0.2) is 18.1 Å². The van der Waals surface area contributed by atoms with Crippen molar-refractivity contribution < 1.29 is 8.42 Å². The van der Waals surface area contributed by atoms with E-state index in [0.29, 0.717) is 0 Å². The van der Waals surface area contributed by atoms with Crippen LogP contribution in [0.2, 0.25) is 0 Å². The van der Waals surface area contributed by atoms with E-state index in [1.807, 2.05) is 6.92 Å². The molecule has 0 aliphatic carbocycles. The normalized spacial score (nSPS) is 14.1. The molecule has 0 aliphatic rings. The highest BCUT2D eigenvalue weighted by Crippen LogP contribution is 2.11. The molecule has 1 atom stereocenters. The van der Waals surface area contributed by atoms with Crippen molar-refractivity contribution in [1.29, 1.82) is 0 Å². The quantitative estimate of drug-likeness (QED) is 0.781. The Bertz CT molecular complexity index is 413. The second-order valence-electron chi connectivity index (χ2n) is 3.26. The van der Waals surface area contributed by atoms with Crippen molar-refractivity contribution in [3.8, 4) is 0 Å². The highest BCUT2D eigenvalue weighted by molar-refractivity contribution is 7.90. The van der Waals surface area contributed by atoms with Crippen LogP contribution in [0.25, 0.3) is 0 Å². The zero-order chi connectivity index (χ0) is 11.5. The number of thiazole rings is 1. The topological polar surface area (TPSA) is 85.1 Å².